The van der Waals surface area contributed by atoms with Crippen molar-refractivity contribution >= 4 is 24.1 Å². The molecule has 14 nitrogen and oxygen atoms in total. The predicted octanol–water partition coefficient (Wildman–Crippen LogP) is 6.00. The number of benzene rings is 2. The lowest BCUT2D eigenvalue weighted by Gasteiger charge is -2.32. The van der Waals surface area contributed by atoms with E-state index in [2.05, 4.69) is 13.2 Å². The molecule has 2 aromatic rings. The summed E-state index contributed by atoms with van der Waals surface area (Å²) in [5.41, 5.74) is 8.49. The molecule has 298 valence electrons. The zero-order chi connectivity index (χ0) is 40.7. The zero-order valence-electron chi connectivity index (χ0n) is 30.3. The first-order chi connectivity index (χ1) is 25.2. The fourth-order valence-electron chi connectivity index (χ4n) is 4.60. The number of carbonyl (C=O) groups is 4. The van der Waals surface area contributed by atoms with Gasteiger partial charge in [0.1, 0.15) is 11.5 Å². The van der Waals surface area contributed by atoms with Crippen LogP contribution in [0.4, 0.5) is 27.2 Å². The Labute approximate surface area is 309 Å². The molecule has 4 N–H and O–H groups in total. The van der Waals surface area contributed by atoms with Gasteiger partial charge in [0.15, 0.2) is 13.2 Å². The Morgan fingerprint density at radius 2 is 0.926 bits per heavy atom. The van der Waals surface area contributed by atoms with Crippen molar-refractivity contribution in [3.05, 3.63) is 84.0 Å². The van der Waals surface area contributed by atoms with Crippen LogP contribution >= 0.6 is 0 Å². The molecule has 0 aromatic heterocycles. The van der Waals surface area contributed by atoms with E-state index in [1.807, 2.05) is 0 Å². The third-order valence-corrected chi connectivity index (χ3v) is 7.26. The van der Waals surface area contributed by atoms with Crippen molar-refractivity contribution in [3.63, 3.8) is 0 Å². The van der Waals surface area contributed by atoms with Crippen molar-refractivity contribution in [2.75, 3.05) is 39.6 Å². The number of carbonyl (C=O) groups excluding carboxylic acids is 4. The third-order valence-electron chi connectivity index (χ3n) is 7.26. The molecule has 2 aromatic carbocycles. The second kappa shape index (κ2) is 19.6. The number of hydrogen-bond donors (Lipinski definition) is 2. The van der Waals surface area contributed by atoms with Crippen molar-refractivity contribution in [2.45, 2.75) is 64.0 Å². The van der Waals surface area contributed by atoms with Crippen molar-refractivity contribution in [1.82, 2.24) is 0 Å². The number of nitrogens with two attached hydrogens (primary N) is 2. The van der Waals surface area contributed by atoms with Gasteiger partial charge in [-0.15, -0.1) is 0 Å². The topological polar surface area (TPSA) is 194 Å². The van der Waals surface area contributed by atoms with Crippen LogP contribution in [0.15, 0.2) is 72.8 Å². The summed E-state index contributed by atoms with van der Waals surface area (Å²) >= 11 is 0. The second-order valence-electron chi connectivity index (χ2n) is 11.6. The minimum atomic E-state index is -4.73. The molecule has 0 heterocycles. The number of esters is 2. The molecule has 18 heteroatoms. The number of halogens is 4. The molecule has 0 saturated heterocycles. The molecule has 2 unspecified atom stereocenters. The fourth-order valence-corrected chi connectivity index (χ4v) is 4.60. The average Bonchev–Trinajstić information content (AvgIpc) is 3.09. The van der Waals surface area contributed by atoms with Gasteiger partial charge in [-0.2, -0.15) is 17.6 Å². The SMILES string of the molecule is C=C(C)C(=O)OCCC(COc1ccc(C(F)(F)C(F)(F)c2ccc(OCC(CCOC(=O)C(=C)C)(OCC)OC(N)=O)cc2)cc1)(OCC)OC(N)=O. The average molecular weight is 773 g/mol. The Kier molecular flexibility index (Phi) is 16.3. The van der Waals surface area contributed by atoms with Crippen molar-refractivity contribution in [3.8, 4) is 11.5 Å². The molecule has 2 atom stereocenters. The van der Waals surface area contributed by atoms with Crippen LogP contribution in [0.25, 0.3) is 0 Å². The molecule has 2 rings (SSSR count). The van der Waals surface area contributed by atoms with Gasteiger partial charge >= 0.3 is 36.0 Å². The highest BCUT2D eigenvalue weighted by atomic mass is 19.3. The van der Waals surface area contributed by atoms with Gasteiger partial charge in [-0.1, -0.05) is 13.2 Å². The van der Waals surface area contributed by atoms with Gasteiger partial charge in [-0.25, -0.2) is 19.2 Å². The van der Waals surface area contributed by atoms with Crippen LogP contribution in [0.1, 0.15) is 51.7 Å². The predicted molar refractivity (Wildman–Crippen MR) is 182 cm³/mol. The Morgan fingerprint density at radius 1 is 0.611 bits per heavy atom. The van der Waals surface area contributed by atoms with Crippen LogP contribution in [-0.4, -0.2) is 75.3 Å². The smallest absolute Gasteiger partial charge is 0.407 e. The first kappa shape index (κ1) is 44.8. The molecular formula is C36H44F4N2O12. The number of alkyl halides is 4. The zero-order valence-corrected chi connectivity index (χ0v) is 30.3. The van der Waals surface area contributed by atoms with Crippen molar-refractivity contribution < 1.29 is 74.6 Å². The standard InChI is InChI=1S/C36H44F4N2O12/c1-7-51-33(53-31(41)45,17-19-47-29(43)23(3)4)21-49-27-13-9-25(10-14-27)35(37,38)36(39,40)26-11-15-28(16-12-26)50-22-34(52-8-2,54-32(42)46)18-20-48-30(44)24(5)6/h9-16H,3,5,7-8,17-22H2,1-2,4,6H3,(H2,41,45)(H2,42,46). The second-order valence-corrected chi connectivity index (χ2v) is 11.6. The number of rotatable bonds is 23. The van der Waals surface area contributed by atoms with Crippen LogP contribution in [0, 0.1) is 0 Å². The Hall–Kier alpha value is -5.36. The minimum Gasteiger partial charge on any atom is -0.487 e. The quantitative estimate of drug-likeness (QED) is 0.0440. The molecule has 0 aliphatic rings. The van der Waals surface area contributed by atoms with Crippen LogP contribution in [0.3, 0.4) is 0 Å². The first-order valence-corrected chi connectivity index (χ1v) is 16.4. The summed E-state index contributed by atoms with van der Waals surface area (Å²) in [5, 5.41) is 0. The number of hydrogen-bond acceptors (Lipinski definition) is 12. The van der Waals surface area contributed by atoms with E-state index in [4.69, 9.17) is 49.4 Å². The van der Waals surface area contributed by atoms with Gasteiger partial charge in [-0.3, -0.25) is 0 Å². The summed E-state index contributed by atoms with van der Waals surface area (Å²) in [6, 6.07) is 6.90. The van der Waals surface area contributed by atoms with Crippen LogP contribution in [0.2, 0.25) is 0 Å². The molecule has 0 bridgehead atoms. The summed E-state index contributed by atoms with van der Waals surface area (Å²) in [5.74, 6) is -14.8. The molecule has 0 spiro atoms. The van der Waals surface area contributed by atoms with E-state index in [9.17, 15) is 19.2 Å². The maximum atomic E-state index is 15.4. The maximum Gasteiger partial charge on any atom is 0.407 e. The van der Waals surface area contributed by atoms with E-state index in [1.165, 1.54) is 13.8 Å². The minimum absolute atomic E-state index is 0.00896. The summed E-state index contributed by atoms with van der Waals surface area (Å²) in [6.45, 7) is 11.2. The van der Waals surface area contributed by atoms with Gasteiger partial charge in [0.25, 0.3) is 11.6 Å². The summed E-state index contributed by atoms with van der Waals surface area (Å²) < 4.78 is 104. The van der Waals surface area contributed by atoms with E-state index in [-0.39, 0.29) is 61.9 Å². The van der Waals surface area contributed by atoms with E-state index in [1.54, 1.807) is 13.8 Å². The van der Waals surface area contributed by atoms with E-state index >= 15 is 17.6 Å². The Morgan fingerprint density at radius 3 is 1.19 bits per heavy atom. The molecule has 0 aliphatic heterocycles. The van der Waals surface area contributed by atoms with Crippen LogP contribution in [-0.2, 0) is 49.9 Å². The van der Waals surface area contributed by atoms with Crippen LogP contribution in [0.5, 0.6) is 11.5 Å². The summed E-state index contributed by atoms with van der Waals surface area (Å²) in [4.78, 5) is 46.8. The molecular weight excluding hydrogens is 728 g/mol. The van der Waals surface area contributed by atoms with E-state index in [0.717, 1.165) is 48.5 Å². The largest absolute Gasteiger partial charge is 0.487 e. The highest BCUT2D eigenvalue weighted by Gasteiger charge is 2.58. The van der Waals surface area contributed by atoms with E-state index in [0.29, 0.717) is 0 Å². The highest BCUT2D eigenvalue weighted by Crippen LogP contribution is 2.50. The molecule has 0 radical (unpaired) electrons. The highest BCUT2D eigenvalue weighted by molar-refractivity contribution is 5.87. The van der Waals surface area contributed by atoms with Gasteiger partial charge in [-0.05, 0) is 76.2 Å². The van der Waals surface area contributed by atoms with Gasteiger partial charge in [0, 0.05) is 35.5 Å². The lowest BCUT2D eigenvalue weighted by molar-refractivity contribution is -0.224. The monoisotopic (exact) mass is 772 g/mol. The summed E-state index contributed by atoms with van der Waals surface area (Å²) in [7, 11) is 0. The number of ether oxygens (including phenoxy) is 8. The van der Waals surface area contributed by atoms with Crippen LogP contribution < -0.4 is 20.9 Å². The maximum absolute atomic E-state index is 15.4. The molecule has 54 heavy (non-hydrogen) atoms. The van der Waals surface area contributed by atoms with Crippen molar-refractivity contribution in [1.29, 1.82) is 0 Å². The Bertz CT molecular complexity index is 1500. The lowest BCUT2D eigenvalue weighted by Crippen LogP contribution is -2.46. The lowest BCUT2D eigenvalue weighted by atomic mass is 9.96. The van der Waals surface area contributed by atoms with Gasteiger partial charge in [0.05, 0.1) is 26.1 Å². The van der Waals surface area contributed by atoms with Gasteiger partial charge in [0.2, 0.25) is 0 Å². The molecule has 0 saturated carbocycles. The molecule has 0 fully saturated rings. The Balaban J connectivity index is 2.20. The van der Waals surface area contributed by atoms with Crippen molar-refractivity contribution in [2.24, 2.45) is 11.5 Å². The number of amides is 2. The normalized spacial score (nSPS) is 13.7. The third kappa shape index (κ3) is 12.6. The molecule has 0 aliphatic carbocycles. The fraction of sp³-hybridized carbons (Fsp3) is 0.444. The van der Waals surface area contributed by atoms with Gasteiger partial charge < -0.3 is 49.4 Å². The summed E-state index contributed by atoms with van der Waals surface area (Å²) in [6.07, 6.45) is -2.97. The first-order valence-electron chi connectivity index (χ1n) is 16.4. The molecule has 2 amide bonds. The van der Waals surface area contributed by atoms with E-state index < -0.39 is 71.9 Å². The number of primary amides is 2.